The zero-order valence-corrected chi connectivity index (χ0v) is 17.0. The van der Waals surface area contributed by atoms with Gasteiger partial charge in [0, 0.05) is 10.1 Å². The average Bonchev–Trinajstić information content (AvgIpc) is 2.67. The maximum absolute atomic E-state index is 12.7. The van der Waals surface area contributed by atoms with Gasteiger partial charge in [0.1, 0.15) is 0 Å². The lowest BCUT2D eigenvalue weighted by molar-refractivity contribution is 0.0952. The Balaban J connectivity index is 1.75. The maximum atomic E-state index is 12.7. The molecule has 0 saturated carbocycles. The molecule has 3 rings (SSSR count). The fraction of sp³-hybridized carbons (Fsp3) is 0.0909. The van der Waals surface area contributed by atoms with Crippen molar-refractivity contribution in [3.63, 3.8) is 0 Å². The second-order valence-electron chi connectivity index (χ2n) is 6.15. The molecule has 0 fully saturated rings. The molecule has 0 aliphatic rings. The molecular weight excluding hydrogens is 451 g/mol. The number of halogens is 1. The molecule has 0 radical (unpaired) electrons. The van der Waals surface area contributed by atoms with E-state index in [2.05, 4.69) is 33.2 Å². The summed E-state index contributed by atoms with van der Waals surface area (Å²) in [6.07, 6.45) is 0. The van der Waals surface area contributed by atoms with Crippen molar-refractivity contribution in [1.29, 1.82) is 0 Å². The van der Waals surface area contributed by atoms with Crippen molar-refractivity contribution < 1.29 is 9.59 Å². The Morgan fingerprint density at radius 3 is 2.30 bits per heavy atom. The summed E-state index contributed by atoms with van der Waals surface area (Å²) in [5, 5.41) is 5.76. The van der Waals surface area contributed by atoms with E-state index < -0.39 is 0 Å². The molecule has 3 aromatic rings. The fourth-order valence-corrected chi connectivity index (χ4v) is 3.57. The van der Waals surface area contributed by atoms with Gasteiger partial charge in [-0.1, -0.05) is 54.1 Å². The summed E-state index contributed by atoms with van der Waals surface area (Å²) in [4.78, 5) is 25.3. The molecule has 3 aromatic carbocycles. The van der Waals surface area contributed by atoms with Crippen LogP contribution in [0.4, 0.5) is 5.69 Å². The van der Waals surface area contributed by atoms with E-state index in [9.17, 15) is 9.59 Å². The summed E-state index contributed by atoms with van der Waals surface area (Å²) in [5.74, 6) is -0.462. The molecule has 0 aliphatic heterocycles. The Kier molecular flexibility index (Phi) is 6.24. The molecule has 0 bridgehead atoms. The molecule has 27 heavy (non-hydrogen) atoms. The Morgan fingerprint density at radius 1 is 0.852 bits per heavy atom. The van der Waals surface area contributed by atoms with Gasteiger partial charge in [0.2, 0.25) is 0 Å². The molecule has 0 unspecified atom stereocenters. The van der Waals surface area contributed by atoms with Gasteiger partial charge < -0.3 is 10.6 Å². The van der Waals surface area contributed by atoms with Gasteiger partial charge in [-0.25, -0.2) is 0 Å². The first kappa shape index (κ1) is 19.1. The smallest absolute Gasteiger partial charge is 0.256 e. The van der Waals surface area contributed by atoms with Gasteiger partial charge in [-0.15, -0.1) is 0 Å². The zero-order chi connectivity index (χ0) is 19.2. The lowest BCUT2D eigenvalue weighted by Gasteiger charge is -2.12. The third-order valence-corrected chi connectivity index (χ3v) is 4.98. The summed E-state index contributed by atoms with van der Waals surface area (Å²) >= 11 is 2.15. The minimum atomic E-state index is -0.234. The van der Waals surface area contributed by atoms with Crippen LogP contribution in [0.25, 0.3) is 0 Å². The second kappa shape index (κ2) is 8.81. The third kappa shape index (κ3) is 4.95. The minimum absolute atomic E-state index is 0.228. The van der Waals surface area contributed by atoms with Crippen LogP contribution in [0.1, 0.15) is 31.8 Å². The number of amides is 2. The SMILES string of the molecule is Cc1ccc(C(=O)Nc2ccccc2C(=O)NCc2ccccc2)c(I)c1. The predicted molar refractivity (Wildman–Crippen MR) is 116 cm³/mol. The van der Waals surface area contributed by atoms with Crippen LogP contribution < -0.4 is 10.6 Å². The Hall–Kier alpha value is -2.67. The fourth-order valence-electron chi connectivity index (χ4n) is 2.66. The van der Waals surface area contributed by atoms with Gasteiger partial charge in [-0.2, -0.15) is 0 Å². The molecule has 136 valence electrons. The number of benzene rings is 3. The predicted octanol–water partition coefficient (Wildman–Crippen LogP) is 4.78. The van der Waals surface area contributed by atoms with Crippen LogP contribution in [0.15, 0.2) is 72.8 Å². The van der Waals surface area contributed by atoms with Crippen molar-refractivity contribution in [2.75, 3.05) is 5.32 Å². The van der Waals surface area contributed by atoms with Crippen molar-refractivity contribution >= 4 is 40.1 Å². The van der Waals surface area contributed by atoms with Crippen molar-refractivity contribution in [3.8, 4) is 0 Å². The van der Waals surface area contributed by atoms with E-state index in [4.69, 9.17) is 0 Å². The van der Waals surface area contributed by atoms with E-state index in [0.29, 0.717) is 23.4 Å². The van der Waals surface area contributed by atoms with E-state index in [1.807, 2.05) is 49.4 Å². The number of hydrogen-bond donors (Lipinski definition) is 2. The summed E-state index contributed by atoms with van der Waals surface area (Å²) in [6, 6.07) is 22.4. The van der Waals surface area contributed by atoms with Crippen molar-refractivity contribution in [1.82, 2.24) is 5.32 Å². The van der Waals surface area contributed by atoms with Gasteiger partial charge in [-0.05, 0) is 59.3 Å². The molecule has 4 nitrogen and oxygen atoms in total. The molecule has 5 heteroatoms. The van der Waals surface area contributed by atoms with Crippen LogP contribution in [0, 0.1) is 10.5 Å². The van der Waals surface area contributed by atoms with Gasteiger partial charge in [0.15, 0.2) is 0 Å². The first-order valence-electron chi connectivity index (χ1n) is 8.53. The largest absolute Gasteiger partial charge is 0.348 e. The lowest BCUT2D eigenvalue weighted by atomic mass is 10.1. The molecule has 0 spiro atoms. The molecule has 0 aromatic heterocycles. The van der Waals surface area contributed by atoms with E-state index in [-0.39, 0.29) is 11.8 Å². The quantitative estimate of drug-likeness (QED) is 0.528. The third-order valence-electron chi connectivity index (χ3n) is 4.08. The minimum Gasteiger partial charge on any atom is -0.348 e. The molecule has 0 atom stereocenters. The summed E-state index contributed by atoms with van der Waals surface area (Å²) < 4.78 is 0.871. The molecule has 2 N–H and O–H groups in total. The Morgan fingerprint density at radius 2 is 1.56 bits per heavy atom. The number of anilines is 1. The highest BCUT2D eigenvalue weighted by Crippen LogP contribution is 2.19. The van der Waals surface area contributed by atoms with Crippen LogP contribution in [0.5, 0.6) is 0 Å². The van der Waals surface area contributed by atoms with Gasteiger partial charge in [0.05, 0.1) is 16.8 Å². The first-order chi connectivity index (χ1) is 13.0. The van der Waals surface area contributed by atoms with Crippen LogP contribution in [0.3, 0.4) is 0 Å². The maximum Gasteiger partial charge on any atom is 0.256 e. The van der Waals surface area contributed by atoms with Gasteiger partial charge in [-0.3, -0.25) is 9.59 Å². The first-order valence-corrected chi connectivity index (χ1v) is 9.61. The monoisotopic (exact) mass is 470 g/mol. The molecule has 0 aliphatic carbocycles. The van der Waals surface area contributed by atoms with Crippen LogP contribution in [0.2, 0.25) is 0 Å². The zero-order valence-electron chi connectivity index (χ0n) is 14.8. The number of hydrogen-bond acceptors (Lipinski definition) is 2. The molecule has 2 amide bonds. The van der Waals surface area contributed by atoms with Crippen LogP contribution in [-0.2, 0) is 6.54 Å². The van der Waals surface area contributed by atoms with Gasteiger partial charge in [0.25, 0.3) is 11.8 Å². The summed E-state index contributed by atoms with van der Waals surface area (Å²) in [6.45, 7) is 2.41. The Bertz CT molecular complexity index is 971. The number of aryl methyl sites for hydroxylation is 1. The highest BCUT2D eigenvalue weighted by molar-refractivity contribution is 14.1. The van der Waals surface area contributed by atoms with Crippen LogP contribution in [-0.4, -0.2) is 11.8 Å². The normalized spacial score (nSPS) is 10.3. The number of nitrogens with one attached hydrogen (secondary N) is 2. The average molecular weight is 470 g/mol. The van der Waals surface area contributed by atoms with E-state index in [1.165, 1.54) is 0 Å². The van der Waals surface area contributed by atoms with E-state index in [0.717, 1.165) is 14.7 Å². The van der Waals surface area contributed by atoms with Crippen molar-refractivity contribution in [2.24, 2.45) is 0 Å². The number of para-hydroxylation sites is 1. The molecule has 0 heterocycles. The topological polar surface area (TPSA) is 58.2 Å². The van der Waals surface area contributed by atoms with Gasteiger partial charge >= 0.3 is 0 Å². The number of carbonyl (C=O) groups is 2. The van der Waals surface area contributed by atoms with Crippen molar-refractivity contribution in [3.05, 3.63) is 98.6 Å². The highest BCUT2D eigenvalue weighted by atomic mass is 127. The molecule has 0 saturated heterocycles. The lowest BCUT2D eigenvalue weighted by Crippen LogP contribution is -2.25. The number of rotatable bonds is 5. The second-order valence-corrected chi connectivity index (χ2v) is 7.31. The van der Waals surface area contributed by atoms with E-state index >= 15 is 0 Å². The Labute approximate surface area is 172 Å². The van der Waals surface area contributed by atoms with E-state index in [1.54, 1.807) is 30.3 Å². The summed E-state index contributed by atoms with van der Waals surface area (Å²) in [7, 11) is 0. The molecular formula is C22H19IN2O2. The van der Waals surface area contributed by atoms with Crippen molar-refractivity contribution in [2.45, 2.75) is 13.5 Å². The van der Waals surface area contributed by atoms with Crippen LogP contribution >= 0.6 is 22.6 Å². The number of carbonyl (C=O) groups excluding carboxylic acids is 2. The highest BCUT2D eigenvalue weighted by Gasteiger charge is 2.15. The standard InChI is InChI=1S/C22H19IN2O2/c1-15-11-12-17(19(23)13-15)22(27)25-20-10-6-5-9-18(20)21(26)24-14-16-7-3-2-4-8-16/h2-13H,14H2,1H3,(H,24,26)(H,25,27). The summed E-state index contributed by atoms with van der Waals surface area (Å²) in [5.41, 5.74) is 3.62.